The summed E-state index contributed by atoms with van der Waals surface area (Å²) in [5.41, 5.74) is 2.07. The molecule has 0 radical (unpaired) electrons. The van der Waals surface area contributed by atoms with Crippen molar-refractivity contribution in [3.63, 3.8) is 0 Å². The molecule has 0 heterocycles. The third-order valence-electron chi connectivity index (χ3n) is 1.57. The number of hydrogen-bond acceptors (Lipinski definition) is 3. The van der Waals surface area contributed by atoms with Crippen LogP contribution in [0.4, 0.5) is 0 Å². The molecule has 0 aliphatic heterocycles. The Labute approximate surface area is 78.6 Å². The minimum atomic E-state index is -0.498. The Morgan fingerprint density at radius 2 is 1.92 bits per heavy atom. The average molecular weight is 187 g/mol. The summed E-state index contributed by atoms with van der Waals surface area (Å²) in [4.78, 5) is 25.5. The molecule has 0 saturated carbocycles. The van der Waals surface area contributed by atoms with Gasteiger partial charge in [-0.2, -0.15) is 5.48 Å². The lowest BCUT2D eigenvalue weighted by atomic mass is 10.1. The second-order valence-corrected chi connectivity index (χ2v) is 2.93. The highest BCUT2D eigenvalue weighted by molar-refractivity contribution is 5.77. The summed E-state index contributed by atoms with van der Waals surface area (Å²) < 4.78 is 0. The second kappa shape index (κ2) is 7.58. The van der Waals surface area contributed by atoms with Gasteiger partial charge in [-0.25, -0.2) is 0 Å². The van der Waals surface area contributed by atoms with Gasteiger partial charge in [-0.15, -0.1) is 0 Å². The summed E-state index contributed by atoms with van der Waals surface area (Å²) in [5, 5.41) is 0. The maximum absolute atomic E-state index is 10.9. The van der Waals surface area contributed by atoms with Crippen LogP contribution in [0.3, 0.4) is 0 Å². The van der Waals surface area contributed by atoms with Gasteiger partial charge < -0.3 is 4.84 Å². The van der Waals surface area contributed by atoms with Gasteiger partial charge >= 0.3 is 5.97 Å². The zero-order chi connectivity index (χ0) is 10.1. The van der Waals surface area contributed by atoms with Gasteiger partial charge in [0.2, 0.25) is 0 Å². The molecule has 0 fully saturated rings. The van der Waals surface area contributed by atoms with E-state index in [9.17, 15) is 9.59 Å². The van der Waals surface area contributed by atoms with E-state index in [0.29, 0.717) is 6.42 Å². The Morgan fingerprint density at radius 1 is 1.23 bits per heavy atom. The number of amides is 1. The quantitative estimate of drug-likeness (QED) is 0.524. The topological polar surface area (TPSA) is 55.4 Å². The molecule has 13 heavy (non-hydrogen) atoms. The molecule has 0 aromatic heterocycles. The van der Waals surface area contributed by atoms with Gasteiger partial charge in [0.25, 0.3) is 5.91 Å². The van der Waals surface area contributed by atoms with Crippen LogP contribution in [0.25, 0.3) is 0 Å². The first-order valence-corrected chi connectivity index (χ1v) is 4.63. The van der Waals surface area contributed by atoms with Crippen LogP contribution >= 0.6 is 0 Å². The standard InChI is InChI=1S/C9H17NO3/c1-3-4-5-6-7-9(12)10-13-8(2)11/h3-7H2,1-2H3,(H,10,12). The Bertz CT molecular complexity index is 168. The second-order valence-electron chi connectivity index (χ2n) is 2.93. The number of hydroxylamine groups is 1. The van der Waals surface area contributed by atoms with Crippen molar-refractivity contribution in [2.75, 3.05) is 0 Å². The molecular formula is C9H17NO3. The first-order chi connectivity index (χ1) is 6.16. The molecule has 76 valence electrons. The molecule has 0 aromatic rings. The van der Waals surface area contributed by atoms with Gasteiger partial charge in [0.05, 0.1) is 0 Å². The summed E-state index contributed by atoms with van der Waals surface area (Å²) in [6.45, 7) is 3.36. The highest BCUT2D eigenvalue weighted by Gasteiger charge is 2.01. The summed E-state index contributed by atoms with van der Waals surface area (Å²) in [6.07, 6.45) is 4.60. The van der Waals surface area contributed by atoms with E-state index in [2.05, 4.69) is 17.2 Å². The smallest absolute Gasteiger partial charge is 0.329 e. The van der Waals surface area contributed by atoms with Crippen LogP contribution in [0.5, 0.6) is 0 Å². The largest absolute Gasteiger partial charge is 0.341 e. The zero-order valence-corrected chi connectivity index (χ0v) is 8.26. The van der Waals surface area contributed by atoms with Crippen LogP contribution in [-0.2, 0) is 14.4 Å². The van der Waals surface area contributed by atoms with Crippen LogP contribution in [0.1, 0.15) is 46.0 Å². The van der Waals surface area contributed by atoms with E-state index < -0.39 is 5.97 Å². The molecule has 0 bridgehead atoms. The van der Waals surface area contributed by atoms with Crippen LogP contribution in [-0.4, -0.2) is 11.9 Å². The highest BCUT2D eigenvalue weighted by atomic mass is 16.7. The predicted molar refractivity (Wildman–Crippen MR) is 48.7 cm³/mol. The average Bonchev–Trinajstić information content (AvgIpc) is 2.09. The molecule has 1 amide bonds. The fourth-order valence-electron chi connectivity index (χ4n) is 0.892. The molecule has 0 rings (SSSR count). The van der Waals surface area contributed by atoms with Crippen LogP contribution in [0.2, 0.25) is 0 Å². The summed E-state index contributed by atoms with van der Waals surface area (Å²) >= 11 is 0. The van der Waals surface area contributed by atoms with E-state index in [1.54, 1.807) is 0 Å². The number of nitrogens with one attached hydrogen (secondary N) is 1. The van der Waals surface area contributed by atoms with E-state index in [1.165, 1.54) is 6.92 Å². The molecule has 4 heteroatoms. The zero-order valence-electron chi connectivity index (χ0n) is 8.26. The van der Waals surface area contributed by atoms with Crippen molar-refractivity contribution in [1.82, 2.24) is 5.48 Å². The van der Waals surface area contributed by atoms with Crippen LogP contribution < -0.4 is 5.48 Å². The number of carbonyl (C=O) groups excluding carboxylic acids is 2. The lowest BCUT2D eigenvalue weighted by Crippen LogP contribution is -2.25. The SMILES string of the molecule is CCCCCCC(=O)NOC(C)=O. The summed E-state index contributed by atoms with van der Waals surface area (Å²) in [5.74, 6) is -0.729. The number of unbranched alkanes of at least 4 members (excludes halogenated alkanes) is 3. The fourth-order valence-corrected chi connectivity index (χ4v) is 0.892. The van der Waals surface area contributed by atoms with Crippen molar-refractivity contribution in [3.8, 4) is 0 Å². The van der Waals surface area contributed by atoms with E-state index >= 15 is 0 Å². The monoisotopic (exact) mass is 187 g/mol. The molecule has 0 spiro atoms. The Kier molecular flexibility index (Phi) is 6.96. The van der Waals surface area contributed by atoms with Crippen molar-refractivity contribution in [3.05, 3.63) is 0 Å². The van der Waals surface area contributed by atoms with Crippen molar-refractivity contribution < 1.29 is 14.4 Å². The molecular weight excluding hydrogens is 170 g/mol. The first-order valence-electron chi connectivity index (χ1n) is 4.63. The lowest BCUT2D eigenvalue weighted by molar-refractivity contribution is -0.156. The van der Waals surface area contributed by atoms with Gasteiger partial charge in [0.15, 0.2) is 0 Å². The van der Waals surface area contributed by atoms with Gasteiger partial charge in [-0.05, 0) is 6.42 Å². The Morgan fingerprint density at radius 3 is 2.46 bits per heavy atom. The molecule has 1 N–H and O–H groups in total. The molecule has 0 saturated heterocycles. The Hall–Kier alpha value is -1.06. The first kappa shape index (κ1) is 11.9. The lowest BCUT2D eigenvalue weighted by Gasteiger charge is -2.02. The third-order valence-corrected chi connectivity index (χ3v) is 1.57. The Balaban J connectivity index is 3.25. The summed E-state index contributed by atoms with van der Waals surface area (Å²) in [6, 6.07) is 0. The van der Waals surface area contributed by atoms with Crippen LogP contribution in [0.15, 0.2) is 0 Å². The normalized spacial score (nSPS) is 9.38. The number of hydrogen-bond donors (Lipinski definition) is 1. The fraction of sp³-hybridized carbons (Fsp3) is 0.778. The minimum Gasteiger partial charge on any atom is -0.341 e. The maximum atomic E-state index is 10.9. The highest BCUT2D eigenvalue weighted by Crippen LogP contribution is 2.01. The van der Waals surface area contributed by atoms with Crippen molar-refractivity contribution in [2.45, 2.75) is 46.0 Å². The van der Waals surface area contributed by atoms with Gasteiger partial charge in [-0.3, -0.25) is 9.59 Å². The predicted octanol–water partition coefficient (Wildman–Crippen LogP) is 1.55. The number of carbonyl (C=O) groups is 2. The van der Waals surface area contributed by atoms with E-state index in [-0.39, 0.29) is 5.91 Å². The molecule has 0 atom stereocenters. The molecule has 0 aliphatic carbocycles. The van der Waals surface area contributed by atoms with Crippen molar-refractivity contribution in [2.24, 2.45) is 0 Å². The van der Waals surface area contributed by atoms with Gasteiger partial charge in [0.1, 0.15) is 0 Å². The molecule has 0 aromatic carbocycles. The summed E-state index contributed by atoms with van der Waals surface area (Å²) in [7, 11) is 0. The molecule has 4 nitrogen and oxygen atoms in total. The third kappa shape index (κ3) is 8.85. The van der Waals surface area contributed by atoms with E-state index in [0.717, 1.165) is 25.7 Å². The minimum absolute atomic E-state index is 0.230. The molecule has 0 unspecified atom stereocenters. The van der Waals surface area contributed by atoms with Crippen LogP contribution in [0, 0.1) is 0 Å². The van der Waals surface area contributed by atoms with Crippen molar-refractivity contribution in [1.29, 1.82) is 0 Å². The number of rotatable bonds is 5. The van der Waals surface area contributed by atoms with E-state index in [4.69, 9.17) is 0 Å². The maximum Gasteiger partial charge on any atom is 0.329 e. The van der Waals surface area contributed by atoms with Gasteiger partial charge in [-0.1, -0.05) is 26.2 Å². The molecule has 0 aliphatic rings. The van der Waals surface area contributed by atoms with Gasteiger partial charge in [0, 0.05) is 13.3 Å². The van der Waals surface area contributed by atoms with E-state index in [1.807, 2.05) is 0 Å². The van der Waals surface area contributed by atoms with Crippen molar-refractivity contribution >= 4 is 11.9 Å².